The number of carbonyl (C=O) groups is 1. The van der Waals surface area contributed by atoms with E-state index in [1.54, 1.807) is 0 Å². The van der Waals surface area contributed by atoms with Crippen molar-refractivity contribution >= 4 is 5.78 Å². The Labute approximate surface area is 99.8 Å². The highest BCUT2D eigenvalue weighted by atomic mass is 16.9. The molecule has 0 aromatic heterocycles. The maximum Gasteiger partial charge on any atom is 0.216 e. The van der Waals surface area contributed by atoms with Gasteiger partial charge in [0.05, 0.1) is 26.2 Å². The van der Waals surface area contributed by atoms with Gasteiger partial charge < -0.3 is 19.8 Å². The summed E-state index contributed by atoms with van der Waals surface area (Å²) < 4.78 is 0.674. The van der Waals surface area contributed by atoms with Gasteiger partial charge in [0, 0.05) is 5.56 Å². The molecular weight excluding hydrogens is 224 g/mol. The number of carbonyl (C=O) groups excluding carboxylic acids is 1. The van der Waals surface area contributed by atoms with E-state index in [-0.39, 0.29) is 5.78 Å². The van der Waals surface area contributed by atoms with Gasteiger partial charge in [-0.2, -0.15) is 0 Å². The van der Waals surface area contributed by atoms with Crippen molar-refractivity contribution in [3.63, 3.8) is 0 Å². The first kappa shape index (κ1) is 15.0. The van der Waals surface area contributed by atoms with Crippen LogP contribution >= 0.6 is 0 Å². The summed E-state index contributed by atoms with van der Waals surface area (Å²) >= 11 is 0. The molecule has 0 spiro atoms. The van der Waals surface area contributed by atoms with E-state index in [2.05, 4.69) is 0 Å². The summed E-state index contributed by atoms with van der Waals surface area (Å²) in [6, 6.07) is 9.42. The van der Waals surface area contributed by atoms with Gasteiger partial charge in [0.25, 0.3) is 0 Å². The quantitative estimate of drug-likeness (QED) is 0.345. The Bertz CT molecular complexity index is 367. The zero-order valence-electron chi connectivity index (χ0n) is 10.1. The number of Topliss-reactive ketones (excluding diaryl/α,β-unsaturated/α-hetero) is 1. The number of hydrogen-bond acceptors (Lipinski definition) is 4. The van der Waals surface area contributed by atoms with Gasteiger partial charge in [-0.05, 0) is 0 Å². The van der Waals surface area contributed by atoms with Crippen molar-refractivity contribution in [1.29, 1.82) is 0 Å². The second-order valence-electron chi connectivity index (χ2n) is 4.46. The molecule has 6 nitrogen and oxygen atoms in total. The molecule has 0 N–H and O–H groups in total. The molecule has 0 fully saturated rings. The number of hydrogen-bond donors (Lipinski definition) is 0. The first-order valence-corrected chi connectivity index (χ1v) is 4.92. The van der Waals surface area contributed by atoms with E-state index in [1.165, 1.54) is 0 Å². The van der Waals surface area contributed by atoms with Crippen molar-refractivity contribution in [3.05, 3.63) is 51.2 Å². The SMILES string of the molecule is C[N+](C)(C)CC(=O)c1ccccc1.O=[N+]([O-])[O-]. The van der Waals surface area contributed by atoms with Gasteiger partial charge in [0.15, 0.2) is 0 Å². The van der Waals surface area contributed by atoms with Gasteiger partial charge in [0.2, 0.25) is 5.78 Å². The Kier molecular flexibility index (Phi) is 5.84. The number of benzene rings is 1. The molecule has 1 aromatic carbocycles. The van der Waals surface area contributed by atoms with Gasteiger partial charge in [-0.25, -0.2) is 0 Å². The zero-order valence-corrected chi connectivity index (χ0v) is 10.1. The monoisotopic (exact) mass is 240 g/mol. The molecular formula is C11H16N2O4. The maximum atomic E-state index is 11.6. The Hall–Kier alpha value is -1.95. The van der Waals surface area contributed by atoms with E-state index in [9.17, 15) is 4.79 Å². The Morgan fingerprint density at radius 3 is 1.94 bits per heavy atom. The number of ketones is 1. The third-order valence-electron chi connectivity index (χ3n) is 1.71. The normalized spacial score (nSPS) is 10.1. The lowest BCUT2D eigenvalue weighted by molar-refractivity contribution is -0.861. The molecule has 0 aliphatic heterocycles. The summed E-state index contributed by atoms with van der Waals surface area (Å²) in [4.78, 5) is 19.9. The molecule has 0 saturated carbocycles. The van der Waals surface area contributed by atoms with Crippen LogP contribution in [0.4, 0.5) is 0 Å². The van der Waals surface area contributed by atoms with Gasteiger partial charge in [-0.1, -0.05) is 30.3 Å². The fourth-order valence-electron chi connectivity index (χ4n) is 1.15. The van der Waals surface area contributed by atoms with E-state index in [4.69, 9.17) is 15.3 Å². The summed E-state index contributed by atoms with van der Waals surface area (Å²) in [5.74, 6) is 0.202. The molecule has 0 aliphatic carbocycles. The van der Waals surface area contributed by atoms with Crippen molar-refractivity contribution in [2.45, 2.75) is 0 Å². The molecule has 17 heavy (non-hydrogen) atoms. The first-order valence-electron chi connectivity index (χ1n) is 4.92. The lowest BCUT2D eigenvalue weighted by Gasteiger charge is -2.22. The van der Waals surface area contributed by atoms with Crippen molar-refractivity contribution in [2.75, 3.05) is 27.7 Å². The first-order chi connectivity index (χ1) is 7.72. The van der Waals surface area contributed by atoms with Crippen LogP contribution in [0.3, 0.4) is 0 Å². The molecule has 0 amide bonds. The van der Waals surface area contributed by atoms with Crippen molar-refractivity contribution in [3.8, 4) is 0 Å². The molecule has 1 rings (SSSR count). The van der Waals surface area contributed by atoms with Crippen LogP contribution in [0.5, 0.6) is 0 Å². The number of rotatable bonds is 3. The molecule has 0 unspecified atom stereocenters. The molecule has 0 aliphatic rings. The highest BCUT2D eigenvalue weighted by molar-refractivity contribution is 5.96. The Balaban J connectivity index is 0.000000557. The topological polar surface area (TPSA) is 83.3 Å². The standard InChI is InChI=1S/C11H16NO.NO3/c1-12(2,3)9-11(13)10-7-5-4-6-8-10;2-1(3)4/h4-8H,9H2,1-3H3;/q+1;-1. The van der Waals surface area contributed by atoms with Gasteiger partial charge in [0.1, 0.15) is 6.54 Å². The average Bonchev–Trinajstić information content (AvgIpc) is 2.15. The lowest BCUT2D eigenvalue weighted by Crippen LogP contribution is -2.39. The fourth-order valence-corrected chi connectivity index (χ4v) is 1.15. The maximum absolute atomic E-state index is 11.6. The van der Waals surface area contributed by atoms with Gasteiger partial charge in [-0.3, -0.25) is 4.79 Å². The minimum Gasteiger partial charge on any atom is -0.356 e. The van der Waals surface area contributed by atoms with Gasteiger partial charge >= 0.3 is 0 Å². The predicted octanol–water partition coefficient (Wildman–Crippen LogP) is 1.34. The molecule has 6 heteroatoms. The molecule has 1 aromatic rings. The molecule has 0 radical (unpaired) electrons. The highest BCUT2D eigenvalue weighted by Gasteiger charge is 2.15. The van der Waals surface area contributed by atoms with Crippen molar-refractivity contribution < 1.29 is 14.4 Å². The summed E-state index contributed by atoms with van der Waals surface area (Å²) in [7, 11) is 6.04. The third kappa shape index (κ3) is 9.01. The summed E-state index contributed by atoms with van der Waals surface area (Å²) in [6.45, 7) is 0.546. The summed E-state index contributed by atoms with van der Waals surface area (Å²) in [5, 5.41) is 14.8. The van der Waals surface area contributed by atoms with Crippen LogP contribution in [0.1, 0.15) is 10.4 Å². The zero-order chi connectivity index (χ0) is 13.5. The van der Waals surface area contributed by atoms with Crippen LogP contribution < -0.4 is 0 Å². The molecule has 0 bridgehead atoms. The van der Waals surface area contributed by atoms with E-state index in [0.717, 1.165) is 5.56 Å². The largest absolute Gasteiger partial charge is 0.356 e. The van der Waals surface area contributed by atoms with Crippen molar-refractivity contribution in [1.82, 2.24) is 0 Å². The van der Waals surface area contributed by atoms with E-state index < -0.39 is 5.09 Å². The van der Waals surface area contributed by atoms with Crippen LogP contribution in [-0.4, -0.2) is 43.0 Å². The second kappa shape index (κ2) is 6.59. The minimum atomic E-state index is -1.75. The number of likely N-dealkylation sites (N-methyl/N-ethyl adjacent to an activating group) is 1. The van der Waals surface area contributed by atoms with Crippen molar-refractivity contribution in [2.24, 2.45) is 0 Å². The van der Waals surface area contributed by atoms with Crippen LogP contribution in [0.25, 0.3) is 0 Å². The highest BCUT2D eigenvalue weighted by Crippen LogP contribution is 2.02. The smallest absolute Gasteiger partial charge is 0.216 e. The molecule has 0 atom stereocenters. The van der Waals surface area contributed by atoms with Crippen LogP contribution in [0, 0.1) is 15.3 Å². The summed E-state index contributed by atoms with van der Waals surface area (Å²) in [5.41, 5.74) is 0.801. The number of quaternary nitrogens is 1. The van der Waals surface area contributed by atoms with Crippen LogP contribution in [-0.2, 0) is 0 Å². The van der Waals surface area contributed by atoms with E-state index >= 15 is 0 Å². The van der Waals surface area contributed by atoms with Crippen LogP contribution in [0.15, 0.2) is 30.3 Å². The van der Waals surface area contributed by atoms with Crippen LogP contribution in [0.2, 0.25) is 0 Å². The minimum absolute atomic E-state index is 0.202. The van der Waals surface area contributed by atoms with E-state index in [0.29, 0.717) is 11.0 Å². The predicted molar refractivity (Wildman–Crippen MR) is 64.0 cm³/mol. The molecule has 94 valence electrons. The number of nitrogens with zero attached hydrogens (tertiary/aromatic N) is 2. The van der Waals surface area contributed by atoms with Gasteiger partial charge in [-0.15, -0.1) is 0 Å². The van der Waals surface area contributed by atoms with E-state index in [1.807, 2.05) is 51.5 Å². The Morgan fingerprint density at radius 2 is 1.59 bits per heavy atom. The fraction of sp³-hybridized carbons (Fsp3) is 0.364. The lowest BCUT2D eigenvalue weighted by atomic mass is 10.1. The molecule has 0 heterocycles. The third-order valence-corrected chi connectivity index (χ3v) is 1.71. The average molecular weight is 240 g/mol. The second-order valence-corrected chi connectivity index (χ2v) is 4.46. The Morgan fingerprint density at radius 1 is 1.18 bits per heavy atom. The molecule has 0 saturated heterocycles. The summed E-state index contributed by atoms with van der Waals surface area (Å²) in [6.07, 6.45) is 0.